The standard InChI is InChI=1S/C19H17FN4O3S/c1-24(19(26)27)10-13-3-2-4-16(22-13)23-18-14(17(21)25)9-15(28-18)11-5-7-12(20)8-6-11/h2-9H,10H2,1H3,(H2,21,25)(H,22,23)(H,26,27). The third-order valence-electron chi connectivity index (χ3n) is 3.90. The fourth-order valence-electron chi connectivity index (χ4n) is 2.49. The van der Waals surface area contributed by atoms with Gasteiger partial charge < -0.3 is 21.1 Å². The minimum atomic E-state index is -1.06. The summed E-state index contributed by atoms with van der Waals surface area (Å²) >= 11 is 1.29. The van der Waals surface area contributed by atoms with Crippen LogP contribution in [0.25, 0.3) is 10.4 Å². The molecule has 0 fully saturated rings. The van der Waals surface area contributed by atoms with Crippen LogP contribution in [0.5, 0.6) is 0 Å². The number of carbonyl (C=O) groups excluding carboxylic acids is 1. The van der Waals surface area contributed by atoms with Gasteiger partial charge in [0.2, 0.25) is 0 Å². The summed E-state index contributed by atoms with van der Waals surface area (Å²) in [6.07, 6.45) is -1.06. The van der Waals surface area contributed by atoms with Crippen molar-refractivity contribution in [2.75, 3.05) is 12.4 Å². The van der Waals surface area contributed by atoms with Gasteiger partial charge in [-0.3, -0.25) is 4.79 Å². The number of thiophene rings is 1. The number of hydrogen-bond donors (Lipinski definition) is 3. The number of carbonyl (C=O) groups is 2. The van der Waals surface area contributed by atoms with Crippen LogP contribution in [0.15, 0.2) is 48.5 Å². The molecule has 28 heavy (non-hydrogen) atoms. The molecular weight excluding hydrogens is 383 g/mol. The molecule has 4 N–H and O–H groups in total. The van der Waals surface area contributed by atoms with E-state index in [1.54, 1.807) is 36.4 Å². The first kappa shape index (κ1) is 19.3. The predicted octanol–water partition coefficient (Wildman–Crippen LogP) is 3.90. The number of aromatic nitrogens is 1. The highest BCUT2D eigenvalue weighted by Gasteiger charge is 2.16. The summed E-state index contributed by atoms with van der Waals surface area (Å²) in [5.41, 5.74) is 7.08. The molecule has 2 heterocycles. The number of nitrogens with one attached hydrogen (secondary N) is 1. The minimum Gasteiger partial charge on any atom is -0.465 e. The molecule has 0 bridgehead atoms. The van der Waals surface area contributed by atoms with Gasteiger partial charge in [-0.25, -0.2) is 14.2 Å². The third kappa shape index (κ3) is 4.44. The molecule has 0 aliphatic rings. The normalized spacial score (nSPS) is 10.5. The second kappa shape index (κ2) is 8.05. The number of halogens is 1. The Morgan fingerprint density at radius 3 is 2.61 bits per heavy atom. The van der Waals surface area contributed by atoms with Gasteiger partial charge in [0.25, 0.3) is 5.91 Å². The molecule has 144 valence electrons. The molecule has 0 aliphatic carbocycles. The highest BCUT2D eigenvalue weighted by Crippen LogP contribution is 2.36. The summed E-state index contributed by atoms with van der Waals surface area (Å²) in [7, 11) is 1.45. The van der Waals surface area contributed by atoms with Crippen molar-refractivity contribution in [3.63, 3.8) is 0 Å². The van der Waals surface area contributed by atoms with Gasteiger partial charge >= 0.3 is 6.09 Å². The number of hydrogen-bond acceptors (Lipinski definition) is 5. The van der Waals surface area contributed by atoms with E-state index in [9.17, 15) is 14.0 Å². The van der Waals surface area contributed by atoms with Crippen LogP contribution in [0.4, 0.5) is 20.0 Å². The van der Waals surface area contributed by atoms with Crippen molar-refractivity contribution in [2.45, 2.75) is 6.54 Å². The fourth-order valence-corrected chi connectivity index (χ4v) is 3.56. The number of pyridine rings is 1. The maximum absolute atomic E-state index is 13.1. The van der Waals surface area contributed by atoms with E-state index in [-0.39, 0.29) is 12.4 Å². The van der Waals surface area contributed by atoms with Gasteiger partial charge in [0.15, 0.2) is 0 Å². The Balaban J connectivity index is 1.88. The van der Waals surface area contributed by atoms with Gasteiger partial charge in [0.1, 0.15) is 16.6 Å². The van der Waals surface area contributed by atoms with Crippen molar-refractivity contribution >= 4 is 34.2 Å². The van der Waals surface area contributed by atoms with E-state index >= 15 is 0 Å². The maximum Gasteiger partial charge on any atom is 0.407 e. The fraction of sp³-hybridized carbons (Fsp3) is 0.105. The Kier molecular flexibility index (Phi) is 5.55. The highest BCUT2D eigenvalue weighted by molar-refractivity contribution is 7.19. The molecule has 0 radical (unpaired) electrons. The summed E-state index contributed by atoms with van der Waals surface area (Å²) < 4.78 is 13.1. The second-order valence-electron chi connectivity index (χ2n) is 6.00. The van der Waals surface area contributed by atoms with Crippen LogP contribution in [0.3, 0.4) is 0 Å². The molecule has 3 rings (SSSR count). The molecule has 1 aromatic carbocycles. The molecule has 2 aromatic heterocycles. The van der Waals surface area contributed by atoms with Gasteiger partial charge in [-0.15, -0.1) is 11.3 Å². The van der Waals surface area contributed by atoms with E-state index in [2.05, 4.69) is 10.3 Å². The lowest BCUT2D eigenvalue weighted by molar-refractivity contribution is 0.100. The first-order chi connectivity index (χ1) is 13.3. The number of rotatable bonds is 6. The molecule has 0 unspecified atom stereocenters. The molecule has 0 spiro atoms. The SMILES string of the molecule is CN(Cc1cccc(Nc2sc(-c3ccc(F)cc3)cc2C(N)=O)n1)C(=O)O. The number of nitrogens with two attached hydrogens (primary N) is 1. The molecule has 0 atom stereocenters. The van der Waals surface area contributed by atoms with Gasteiger partial charge in [-0.2, -0.15) is 0 Å². The zero-order valence-corrected chi connectivity index (χ0v) is 15.7. The van der Waals surface area contributed by atoms with E-state index in [0.717, 1.165) is 15.3 Å². The van der Waals surface area contributed by atoms with Gasteiger partial charge in [-0.05, 0) is 35.9 Å². The highest BCUT2D eigenvalue weighted by atomic mass is 32.1. The number of anilines is 2. The van der Waals surface area contributed by atoms with E-state index in [4.69, 9.17) is 10.8 Å². The largest absolute Gasteiger partial charge is 0.465 e. The second-order valence-corrected chi connectivity index (χ2v) is 7.05. The van der Waals surface area contributed by atoms with E-state index in [1.165, 1.54) is 30.5 Å². The van der Waals surface area contributed by atoms with Crippen LogP contribution in [0, 0.1) is 5.82 Å². The summed E-state index contributed by atoms with van der Waals surface area (Å²) in [4.78, 5) is 29.0. The Morgan fingerprint density at radius 1 is 1.25 bits per heavy atom. The van der Waals surface area contributed by atoms with Crippen molar-refractivity contribution in [3.8, 4) is 10.4 Å². The minimum absolute atomic E-state index is 0.124. The lowest BCUT2D eigenvalue weighted by Gasteiger charge is -2.13. The van der Waals surface area contributed by atoms with Crippen molar-refractivity contribution in [1.82, 2.24) is 9.88 Å². The van der Waals surface area contributed by atoms with Crippen molar-refractivity contribution < 1.29 is 19.1 Å². The summed E-state index contributed by atoms with van der Waals surface area (Å²) in [6.45, 7) is 0.124. The van der Waals surface area contributed by atoms with Crippen molar-refractivity contribution in [1.29, 1.82) is 0 Å². The van der Waals surface area contributed by atoms with Crippen LogP contribution in [0.2, 0.25) is 0 Å². The topological polar surface area (TPSA) is 109 Å². The summed E-state index contributed by atoms with van der Waals surface area (Å²) in [5.74, 6) is -0.499. The monoisotopic (exact) mass is 400 g/mol. The molecule has 3 aromatic rings. The van der Waals surface area contributed by atoms with Crippen LogP contribution < -0.4 is 11.1 Å². The van der Waals surface area contributed by atoms with Gasteiger partial charge in [-0.1, -0.05) is 18.2 Å². The molecule has 2 amide bonds. The molecule has 9 heteroatoms. The van der Waals surface area contributed by atoms with Crippen LogP contribution in [0.1, 0.15) is 16.1 Å². The Morgan fingerprint density at radius 2 is 1.96 bits per heavy atom. The van der Waals surface area contributed by atoms with Crippen LogP contribution >= 0.6 is 11.3 Å². The van der Waals surface area contributed by atoms with E-state index < -0.39 is 12.0 Å². The maximum atomic E-state index is 13.1. The van der Waals surface area contributed by atoms with Gasteiger partial charge in [0.05, 0.1) is 17.8 Å². The quantitative estimate of drug-likeness (QED) is 0.581. The molecule has 0 saturated carbocycles. The Hall–Kier alpha value is -3.46. The van der Waals surface area contributed by atoms with Crippen LogP contribution in [-0.4, -0.2) is 34.0 Å². The summed E-state index contributed by atoms with van der Waals surface area (Å²) in [6, 6.07) is 12.7. The molecular formula is C19H17FN4O3S. The first-order valence-electron chi connectivity index (χ1n) is 8.20. The average Bonchev–Trinajstić information content (AvgIpc) is 3.06. The number of carboxylic acid groups (broad SMARTS) is 1. The number of benzene rings is 1. The smallest absolute Gasteiger partial charge is 0.407 e. The Labute approximate surface area is 164 Å². The van der Waals surface area contributed by atoms with Crippen molar-refractivity contribution in [2.24, 2.45) is 5.73 Å². The van der Waals surface area contributed by atoms with Crippen molar-refractivity contribution in [3.05, 3.63) is 65.6 Å². The molecule has 0 saturated heterocycles. The molecule has 0 aliphatic heterocycles. The van der Waals surface area contributed by atoms with E-state index in [0.29, 0.717) is 22.1 Å². The zero-order valence-electron chi connectivity index (χ0n) is 14.8. The first-order valence-corrected chi connectivity index (χ1v) is 9.01. The summed E-state index contributed by atoms with van der Waals surface area (Å²) in [5, 5.41) is 12.6. The molecule has 7 nitrogen and oxygen atoms in total. The lowest BCUT2D eigenvalue weighted by atomic mass is 10.1. The van der Waals surface area contributed by atoms with Crippen LogP contribution in [-0.2, 0) is 6.54 Å². The number of amides is 2. The van der Waals surface area contributed by atoms with E-state index in [1.807, 2.05) is 0 Å². The Bertz CT molecular complexity index is 1020. The zero-order chi connectivity index (χ0) is 20.3. The van der Waals surface area contributed by atoms with Gasteiger partial charge in [0, 0.05) is 11.9 Å². The average molecular weight is 400 g/mol. The lowest BCUT2D eigenvalue weighted by Crippen LogP contribution is -2.24. The predicted molar refractivity (Wildman–Crippen MR) is 105 cm³/mol. The number of nitrogens with zero attached hydrogens (tertiary/aromatic N) is 2. The number of primary amides is 1. The third-order valence-corrected chi connectivity index (χ3v) is 5.00.